The van der Waals surface area contributed by atoms with Gasteiger partial charge in [0, 0.05) is 21.7 Å². The van der Waals surface area contributed by atoms with E-state index in [1.54, 1.807) is 50.2 Å². The van der Waals surface area contributed by atoms with Crippen molar-refractivity contribution in [3.05, 3.63) is 81.7 Å². The molecule has 0 aliphatic rings. The lowest BCUT2D eigenvalue weighted by Crippen LogP contribution is -2.23. The Hall–Kier alpha value is -3.45. The number of carbonyl (C=O) groups is 3. The van der Waals surface area contributed by atoms with Crippen molar-refractivity contribution >= 4 is 34.9 Å². The first-order valence-corrected chi connectivity index (χ1v) is 9.49. The normalized spacial score (nSPS) is 10.5. The van der Waals surface area contributed by atoms with Crippen LogP contribution in [0, 0.1) is 13.8 Å². The summed E-state index contributed by atoms with van der Waals surface area (Å²) in [6.07, 6.45) is -0.0485. The van der Waals surface area contributed by atoms with Crippen LogP contribution in [0.2, 0.25) is 5.02 Å². The summed E-state index contributed by atoms with van der Waals surface area (Å²) >= 11 is 6.03. The topological polar surface area (TPSA) is 98.5 Å². The largest absolute Gasteiger partial charge is 0.455 e. The monoisotopic (exact) mass is 426 g/mol. The average molecular weight is 427 g/mol. The van der Waals surface area contributed by atoms with E-state index in [9.17, 15) is 14.4 Å². The Labute approximate surface area is 178 Å². The number of aromatic nitrogens is 1. The molecule has 2 aromatic carbocycles. The standard InChI is InChI=1S/C22H19ClN2O5/c1-13-17(14(2)30-25-13)11-21(27)29-12-20(26)24-19-9-8-16(23)10-18(19)22(28)15-6-4-3-5-7-15/h3-10H,11-12H2,1-2H3,(H,24,26). The van der Waals surface area contributed by atoms with E-state index >= 15 is 0 Å². The first-order chi connectivity index (χ1) is 14.3. The summed E-state index contributed by atoms with van der Waals surface area (Å²) in [7, 11) is 0. The van der Waals surface area contributed by atoms with E-state index in [-0.39, 0.29) is 23.5 Å². The summed E-state index contributed by atoms with van der Waals surface area (Å²) in [5.41, 5.74) is 2.21. The van der Waals surface area contributed by atoms with Gasteiger partial charge in [-0.3, -0.25) is 14.4 Å². The van der Waals surface area contributed by atoms with E-state index < -0.39 is 18.5 Å². The van der Waals surface area contributed by atoms with Crippen molar-refractivity contribution in [1.82, 2.24) is 5.16 Å². The van der Waals surface area contributed by atoms with Crippen LogP contribution in [-0.4, -0.2) is 29.4 Å². The van der Waals surface area contributed by atoms with Gasteiger partial charge < -0.3 is 14.6 Å². The Balaban J connectivity index is 1.65. The fraction of sp³-hybridized carbons (Fsp3) is 0.182. The molecule has 0 aliphatic heterocycles. The van der Waals surface area contributed by atoms with Crippen LogP contribution in [0.3, 0.4) is 0 Å². The number of aryl methyl sites for hydroxylation is 2. The molecule has 1 N–H and O–H groups in total. The van der Waals surface area contributed by atoms with E-state index in [0.717, 1.165) is 0 Å². The van der Waals surface area contributed by atoms with Crippen LogP contribution in [0.1, 0.15) is 32.9 Å². The summed E-state index contributed by atoms with van der Waals surface area (Å²) in [4.78, 5) is 37.1. The molecule has 0 bridgehead atoms. The molecule has 0 saturated heterocycles. The Bertz CT molecular complexity index is 1070. The summed E-state index contributed by atoms with van der Waals surface area (Å²) in [6, 6.07) is 13.2. The molecule has 1 amide bonds. The fourth-order valence-electron chi connectivity index (χ4n) is 2.84. The Morgan fingerprint density at radius 1 is 1.10 bits per heavy atom. The van der Waals surface area contributed by atoms with E-state index in [4.69, 9.17) is 20.9 Å². The molecule has 3 rings (SSSR count). The number of ether oxygens (including phenoxy) is 1. The van der Waals surface area contributed by atoms with E-state index in [1.165, 1.54) is 12.1 Å². The fourth-order valence-corrected chi connectivity index (χ4v) is 3.01. The van der Waals surface area contributed by atoms with Gasteiger partial charge in [0.1, 0.15) is 5.76 Å². The van der Waals surface area contributed by atoms with Gasteiger partial charge in [0.15, 0.2) is 12.4 Å². The van der Waals surface area contributed by atoms with Crippen molar-refractivity contribution in [2.75, 3.05) is 11.9 Å². The van der Waals surface area contributed by atoms with Crippen LogP contribution in [0.4, 0.5) is 5.69 Å². The van der Waals surface area contributed by atoms with Gasteiger partial charge in [-0.15, -0.1) is 0 Å². The van der Waals surface area contributed by atoms with Crippen LogP contribution in [-0.2, 0) is 20.7 Å². The Kier molecular flexibility index (Phi) is 6.64. The molecule has 0 aliphatic carbocycles. The van der Waals surface area contributed by atoms with Gasteiger partial charge in [-0.05, 0) is 32.0 Å². The highest BCUT2D eigenvalue weighted by molar-refractivity contribution is 6.31. The number of rotatable bonds is 7. The second-order valence-corrected chi connectivity index (χ2v) is 7.01. The molecule has 0 atom stereocenters. The zero-order valence-electron chi connectivity index (χ0n) is 16.4. The molecule has 0 radical (unpaired) electrons. The van der Waals surface area contributed by atoms with Crippen molar-refractivity contribution in [3.63, 3.8) is 0 Å². The minimum absolute atomic E-state index is 0.0485. The maximum Gasteiger partial charge on any atom is 0.310 e. The molecule has 0 saturated carbocycles. The third-order valence-electron chi connectivity index (χ3n) is 4.40. The number of hydrogen-bond donors (Lipinski definition) is 1. The van der Waals surface area contributed by atoms with Gasteiger partial charge >= 0.3 is 5.97 Å². The van der Waals surface area contributed by atoms with E-state index in [2.05, 4.69) is 10.5 Å². The molecule has 0 spiro atoms. The van der Waals surface area contributed by atoms with Crippen LogP contribution in [0.5, 0.6) is 0 Å². The molecule has 154 valence electrons. The molecule has 3 aromatic rings. The van der Waals surface area contributed by atoms with E-state index in [0.29, 0.717) is 27.6 Å². The predicted octanol–water partition coefficient (Wildman–Crippen LogP) is 3.90. The van der Waals surface area contributed by atoms with Gasteiger partial charge in [0.2, 0.25) is 0 Å². The van der Waals surface area contributed by atoms with E-state index in [1.807, 2.05) is 0 Å². The van der Waals surface area contributed by atoms with Gasteiger partial charge in [0.25, 0.3) is 5.91 Å². The van der Waals surface area contributed by atoms with Gasteiger partial charge in [-0.1, -0.05) is 47.1 Å². The van der Waals surface area contributed by atoms with Crippen molar-refractivity contribution < 1.29 is 23.6 Å². The van der Waals surface area contributed by atoms with Crippen LogP contribution < -0.4 is 5.32 Å². The molecule has 30 heavy (non-hydrogen) atoms. The first kappa shape index (κ1) is 21.3. The maximum atomic E-state index is 12.8. The molecule has 1 heterocycles. The highest BCUT2D eigenvalue weighted by Crippen LogP contribution is 2.24. The summed E-state index contributed by atoms with van der Waals surface area (Å²) in [6.45, 7) is 2.92. The lowest BCUT2D eigenvalue weighted by atomic mass is 10.0. The predicted molar refractivity (Wildman–Crippen MR) is 111 cm³/mol. The van der Waals surface area contributed by atoms with Crippen LogP contribution in [0.15, 0.2) is 53.1 Å². The minimum atomic E-state index is -0.587. The maximum absolute atomic E-state index is 12.8. The second-order valence-electron chi connectivity index (χ2n) is 6.57. The number of esters is 1. The Morgan fingerprint density at radius 3 is 2.50 bits per heavy atom. The number of anilines is 1. The summed E-state index contributed by atoms with van der Waals surface area (Å²) in [5.74, 6) is -0.925. The molecule has 0 unspecified atom stereocenters. The van der Waals surface area contributed by atoms with Gasteiger partial charge in [0.05, 0.1) is 17.8 Å². The SMILES string of the molecule is Cc1noc(C)c1CC(=O)OCC(=O)Nc1ccc(Cl)cc1C(=O)c1ccccc1. The minimum Gasteiger partial charge on any atom is -0.455 e. The summed E-state index contributed by atoms with van der Waals surface area (Å²) in [5, 5.41) is 6.73. The number of ketones is 1. The molecule has 7 nitrogen and oxygen atoms in total. The van der Waals surface area contributed by atoms with Gasteiger partial charge in [-0.2, -0.15) is 0 Å². The molecular formula is C22H19ClN2O5. The first-order valence-electron chi connectivity index (χ1n) is 9.11. The smallest absolute Gasteiger partial charge is 0.310 e. The lowest BCUT2D eigenvalue weighted by Gasteiger charge is -2.11. The third-order valence-corrected chi connectivity index (χ3v) is 4.64. The van der Waals surface area contributed by atoms with Crippen molar-refractivity contribution in [2.45, 2.75) is 20.3 Å². The number of benzene rings is 2. The number of hydrogen-bond acceptors (Lipinski definition) is 6. The molecule has 8 heteroatoms. The summed E-state index contributed by atoms with van der Waals surface area (Å²) < 4.78 is 10.0. The number of carbonyl (C=O) groups excluding carboxylic acids is 3. The average Bonchev–Trinajstić information content (AvgIpc) is 3.05. The number of nitrogens with zero attached hydrogens (tertiary/aromatic N) is 1. The second kappa shape index (κ2) is 9.37. The number of amides is 1. The molecule has 1 aromatic heterocycles. The number of nitrogens with one attached hydrogen (secondary N) is 1. The third kappa shape index (κ3) is 5.12. The highest BCUT2D eigenvalue weighted by atomic mass is 35.5. The van der Waals surface area contributed by atoms with Gasteiger partial charge in [-0.25, -0.2) is 0 Å². The van der Waals surface area contributed by atoms with Crippen molar-refractivity contribution in [2.24, 2.45) is 0 Å². The zero-order valence-corrected chi connectivity index (χ0v) is 17.2. The Morgan fingerprint density at radius 2 is 1.83 bits per heavy atom. The van der Waals surface area contributed by atoms with Crippen LogP contribution in [0.25, 0.3) is 0 Å². The number of halogens is 1. The lowest BCUT2D eigenvalue weighted by molar-refractivity contribution is -0.146. The van der Waals surface area contributed by atoms with Crippen LogP contribution >= 0.6 is 11.6 Å². The molecule has 0 fully saturated rings. The van der Waals surface area contributed by atoms with Crippen molar-refractivity contribution in [1.29, 1.82) is 0 Å². The van der Waals surface area contributed by atoms with Crippen molar-refractivity contribution in [3.8, 4) is 0 Å². The zero-order chi connectivity index (χ0) is 21.7. The highest BCUT2D eigenvalue weighted by Gasteiger charge is 2.18. The quantitative estimate of drug-likeness (QED) is 0.454. The molecular weight excluding hydrogens is 408 g/mol.